The Labute approximate surface area is 96.0 Å². The molecular weight excluding hydrogens is 231 g/mol. The van der Waals surface area contributed by atoms with Gasteiger partial charge >= 0.3 is 6.18 Å². The highest BCUT2D eigenvalue weighted by Crippen LogP contribution is 2.32. The van der Waals surface area contributed by atoms with Crippen molar-refractivity contribution >= 4 is 17.0 Å². The molecule has 0 saturated carbocycles. The number of imidazole rings is 1. The predicted molar refractivity (Wildman–Crippen MR) is 59.0 cm³/mol. The number of halogens is 3. The second-order valence-corrected chi connectivity index (χ2v) is 3.79. The van der Waals surface area contributed by atoms with Crippen molar-refractivity contribution in [2.75, 3.05) is 0 Å². The normalized spacial score (nSPS) is 12.2. The van der Waals surface area contributed by atoms with Gasteiger partial charge in [-0.2, -0.15) is 13.2 Å². The molecule has 0 aliphatic heterocycles. The van der Waals surface area contributed by atoms with Gasteiger partial charge in [0.2, 0.25) is 0 Å². The molecule has 17 heavy (non-hydrogen) atoms. The molecule has 1 heterocycles. The molecule has 0 amide bonds. The van der Waals surface area contributed by atoms with Crippen molar-refractivity contribution in [1.82, 2.24) is 9.55 Å². The van der Waals surface area contributed by atoms with E-state index in [1.165, 1.54) is 6.07 Å². The summed E-state index contributed by atoms with van der Waals surface area (Å²) >= 11 is 0. The van der Waals surface area contributed by atoms with Crippen LogP contribution in [-0.2, 0) is 12.7 Å². The molecule has 1 aromatic carbocycles. The minimum absolute atomic E-state index is 0.00109. The van der Waals surface area contributed by atoms with Crippen LogP contribution in [0.2, 0.25) is 0 Å². The molecule has 0 aliphatic carbocycles. The first kappa shape index (κ1) is 11.8. The Balaban J connectivity index is 2.58. The summed E-state index contributed by atoms with van der Waals surface area (Å²) in [5.41, 5.74) is 7.66. The lowest BCUT2D eigenvalue weighted by Crippen LogP contribution is -2.04. The van der Waals surface area contributed by atoms with E-state index in [9.17, 15) is 13.2 Å². The van der Waals surface area contributed by atoms with Crippen molar-refractivity contribution < 1.29 is 13.2 Å². The van der Waals surface area contributed by atoms with E-state index in [1.54, 1.807) is 4.57 Å². The van der Waals surface area contributed by atoms with Gasteiger partial charge in [0.15, 0.2) is 0 Å². The molecule has 0 radical (unpaired) electrons. The van der Waals surface area contributed by atoms with E-state index in [0.29, 0.717) is 12.1 Å². The number of nitrogens with zero attached hydrogens (tertiary/aromatic N) is 2. The third-order valence-electron chi connectivity index (χ3n) is 2.52. The van der Waals surface area contributed by atoms with Crippen molar-refractivity contribution in [2.45, 2.75) is 26.1 Å². The Morgan fingerprint density at radius 1 is 1.35 bits per heavy atom. The van der Waals surface area contributed by atoms with Crippen molar-refractivity contribution in [3.05, 3.63) is 29.5 Å². The molecule has 0 atom stereocenters. The third kappa shape index (κ3) is 2.07. The topological polar surface area (TPSA) is 41.6 Å². The number of aromatic nitrogens is 2. The minimum atomic E-state index is -4.37. The molecule has 2 rings (SSSR count). The van der Waals surface area contributed by atoms with Gasteiger partial charge in [0, 0.05) is 11.5 Å². The average Bonchev–Trinajstić information content (AvgIpc) is 2.54. The van der Waals surface area contributed by atoms with E-state index < -0.39 is 11.7 Å². The van der Waals surface area contributed by atoms with Crippen LogP contribution in [0.25, 0.3) is 16.8 Å². The van der Waals surface area contributed by atoms with Crippen molar-refractivity contribution in [3.8, 4) is 0 Å². The fourth-order valence-corrected chi connectivity index (χ4v) is 1.76. The second kappa shape index (κ2) is 3.94. The molecule has 1 N–H and O–H groups in total. The molecule has 0 saturated heterocycles. The molecule has 0 aliphatic rings. The van der Waals surface area contributed by atoms with Crippen LogP contribution < -0.4 is 0 Å². The molecule has 3 nitrogen and oxygen atoms in total. The highest BCUT2D eigenvalue weighted by Gasteiger charge is 2.30. The summed E-state index contributed by atoms with van der Waals surface area (Å²) in [5, 5.41) is 0. The number of alkyl halides is 3. The van der Waals surface area contributed by atoms with Crippen LogP contribution in [0, 0.1) is 0 Å². The third-order valence-corrected chi connectivity index (χ3v) is 2.52. The fraction of sp³-hybridized carbons (Fsp3) is 0.364. The number of rotatable bonds is 2. The molecule has 0 unspecified atom stereocenters. The molecule has 0 fully saturated rings. The van der Waals surface area contributed by atoms with Gasteiger partial charge in [-0.3, -0.25) is 0 Å². The van der Waals surface area contributed by atoms with Gasteiger partial charge in [0.1, 0.15) is 0 Å². The van der Waals surface area contributed by atoms with Gasteiger partial charge in [-0.15, -0.1) is 0 Å². The van der Waals surface area contributed by atoms with E-state index in [1.807, 2.05) is 6.92 Å². The SMILES string of the molecule is CCCn1c([NH-])nc2cc(C(F)(F)F)ccc21. The summed E-state index contributed by atoms with van der Waals surface area (Å²) in [7, 11) is 0. The fourth-order valence-electron chi connectivity index (χ4n) is 1.76. The van der Waals surface area contributed by atoms with Crippen LogP contribution in [0.5, 0.6) is 0 Å². The molecule has 0 bridgehead atoms. The van der Waals surface area contributed by atoms with Crippen molar-refractivity contribution in [1.29, 1.82) is 0 Å². The quantitative estimate of drug-likeness (QED) is 0.779. The Hall–Kier alpha value is -1.72. The number of hydrogen-bond acceptors (Lipinski definition) is 1. The van der Waals surface area contributed by atoms with Crippen LogP contribution in [0.4, 0.5) is 19.1 Å². The van der Waals surface area contributed by atoms with Crippen LogP contribution in [0.1, 0.15) is 18.9 Å². The summed E-state index contributed by atoms with van der Waals surface area (Å²) in [6.07, 6.45) is -3.57. The highest BCUT2D eigenvalue weighted by atomic mass is 19.4. The Kier molecular flexibility index (Phi) is 2.73. The summed E-state index contributed by atoms with van der Waals surface area (Å²) in [5.74, 6) is 0.00109. The maximum Gasteiger partial charge on any atom is 0.416 e. The summed E-state index contributed by atoms with van der Waals surface area (Å²) in [6.45, 7) is 2.52. The molecule has 2 aromatic rings. The van der Waals surface area contributed by atoms with Gasteiger partial charge in [-0.25, -0.2) is 0 Å². The lowest BCUT2D eigenvalue weighted by molar-refractivity contribution is -0.137. The largest absolute Gasteiger partial charge is 0.416 e. The number of aryl methyl sites for hydroxylation is 1. The minimum Gasteiger partial charge on any atom is -0.411 e. The molecule has 92 valence electrons. The van der Waals surface area contributed by atoms with E-state index in [-0.39, 0.29) is 11.5 Å². The summed E-state index contributed by atoms with van der Waals surface area (Å²) in [4.78, 5) is 3.84. The molecule has 6 heteroatoms. The monoisotopic (exact) mass is 242 g/mol. The smallest absolute Gasteiger partial charge is 0.411 e. The lowest BCUT2D eigenvalue weighted by Gasteiger charge is -2.11. The Bertz CT molecular complexity index is 543. The summed E-state index contributed by atoms with van der Waals surface area (Å²) in [6, 6.07) is 3.38. The van der Waals surface area contributed by atoms with Crippen LogP contribution >= 0.6 is 0 Å². The first-order valence-electron chi connectivity index (χ1n) is 5.22. The maximum atomic E-state index is 12.5. The number of nitrogens with one attached hydrogen (secondary N) is 1. The maximum absolute atomic E-state index is 12.5. The number of fused-ring (bicyclic) bond motifs is 1. The molecule has 1 aromatic heterocycles. The average molecular weight is 242 g/mol. The van der Waals surface area contributed by atoms with Gasteiger partial charge < -0.3 is 15.3 Å². The van der Waals surface area contributed by atoms with Gasteiger partial charge in [-0.05, 0) is 24.2 Å². The lowest BCUT2D eigenvalue weighted by atomic mass is 10.2. The van der Waals surface area contributed by atoms with Crippen molar-refractivity contribution in [3.63, 3.8) is 0 Å². The Morgan fingerprint density at radius 3 is 2.65 bits per heavy atom. The first-order chi connectivity index (χ1) is 7.93. The summed E-state index contributed by atoms with van der Waals surface area (Å²) < 4.78 is 39.1. The second-order valence-electron chi connectivity index (χ2n) is 3.79. The van der Waals surface area contributed by atoms with E-state index in [0.717, 1.165) is 18.6 Å². The van der Waals surface area contributed by atoms with E-state index in [4.69, 9.17) is 5.73 Å². The van der Waals surface area contributed by atoms with Gasteiger partial charge in [0.05, 0.1) is 5.56 Å². The molecular formula is C11H11F3N3-. The van der Waals surface area contributed by atoms with Gasteiger partial charge in [0.25, 0.3) is 0 Å². The highest BCUT2D eigenvalue weighted by molar-refractivity contribution is 5.79. The standard InChI is InChI=1S/C11H11F3N3/c1-2-5-17-9-4-3-7(11(12,13)14)6-8(9)16-10(17)15/h3-4,6H,2,5H2,1H3,(H-,15,16)/q-1. The molecule has 0 spiro atoms. The number of benzene rings is 1. The zero-order valence-electron chi connectivity index (χ0n) is 9.17. The van der Waals surface area contributed by atoms with Crippen LogP contribution in [0.3, 0.4) is 0 Å². The van der Waals surface area contributed by atoms with Crippen LogP contribution in [-0.4, -0.2) is 9.55 Å². The Morgan fingerprint density at radius 2 is 2.06 bits per heavy atom. The number of hydrogen-bond donors (Lipinski definition) is 0. The first-order valence-corrected chi connectivity index (χ1v) is 5.22. The van der Waals surface area contributed by atoms with Crippen LogP contribution in [0.15, 0.2) is 18.2 Å². The predicted octanol–water partition coefficient (Wildman–Crippen LogP) is 4.15. The van der Waals surface area contributed by atoms with Gasteiger partial charge in [-0.1, -0.05) is 19.4 Å². The van der Waals surface area contributed by atoms with E-state index >= 15 is 0 Å². The van der Waals surface area contributed by atoms with Crippen molar-refractivity contribution in [2.24, 2.45) is 0 Å². The van der Waals surface area contributed by atoms with E-state index in [2.05, 4.69) is 4.98 Å². The zero-order valence-corrected chi connectivity index (χ0v) is 9.17. The zero-order chi connectivity index (χ0) is 12.6.